The number of alkyl halides is 1. The monoisotopic (exact) mass is 174 g/mol. The molecule has 1 aliphatic rings. The third kappa shape index (κ3) is 1.96. The van der Waals surface area contributed by atoms with Crippen LogP contribution in [0, 0.1) is 11.8 Å². The molecular weight excluding hydrogens is 159 g/mol. The van der Waals surface area contributed by atoms with Crippen LogP contribution in [0.25, 0.3) is 0 Å². The van der Waals surface area contributed by atoms with Gasteiger partial charge in [-0.25, -0.2) is 4.39 Å². The lowest BCUT2D eigenvalue weighted by molar-refractivity contribution is -0.146. The van der Waals surface area contributed by atoms with Crippen molar-refractivity contribution in [1.82, 2.24) is 0 Å². The summed E-state index contributed by atoms with van der Waals surface area (Å²) in [5, 5.41) is 8.76. The van der Waals surface area contributed by atoms with Crippen molar-refractivity contribution in [2.24, 2.45) is 11.8 Å². The van der Waals surface area contributed by atoms with Crippen LogP contribution in [-0.4, -0.2) is 17.2 Å². The summed E-state index contributed by atoms with van der Waals surface area (Å²) in [4.78, 5) is 10.7. The molecule has 0 radical (unpaired) electrons. The molecule has 2 unspecified atom stereocenters. The molecule has 2 nitrogen and oxygen atoms in total. The van der Waals surface area contributed by atoms with E-state index < -0.39 is 18.1 Å². The maximum absolute atomic E-state index is 12.9. The molecule has 70 valence electrons. The number of rotatable bonds is 3. The first-order valence-corrected chi connectivity index (χ1v) is 4.50. The van der Waals surface area contributed by atoms with Crippen LogP contribution in [0.15, 0.2) is 0 Å². The zero-order valence-electron chi connectivity index (χ0n) is 7.29. The number of hydrogen-bond acceptors (Lipinski definition) is 1. The van der Waals surface area contributed by atoms with Gasteiger partial charge in [0, 0.05) is 0 Å². The molecule has 0 saturated heterocycles. The highest BCUT2D eigenvalue weighted by molar-refractivity contribution is 5.71. The second-order valence-corrected chi connectivity index (χ2v) is 3.59. The Bertz CT molecular complexity index is 162. The first kappa shape index (κ1) is 9.49. The number of carbonyl (C=O) groups is 1. The largest absolute Gasteiger partial charge is 0.481 e. The fourth-order valence-corrected chi connectivity index (χ4v) is 2.09. The standard InChI is InChI=1S/C9H15FO2/c1-6(10)8(9(11)12)7-4-2-3-5-7/h6-8H,2-5H2,1H3,(H,11,12). The lowest BCUT2D eigenvalue weighted by Gasteiger charge is -2.19. The summed E-state index contributed by atoms with van der Waals surface area (Å²) < 4.78 is 12.9. The summed E-state index contributed by atoms with van der Waals surface area (Å²) >= 11 is 0. The molecule has 0 spiro atoms. The molecule has 1 rings (SSSR count). The highest BCUT2D eigenvalue weighted by atomic mass is 19.1. The SMILES string of the molecule is CC(F)C(C(=O)O)C1CCCC1. The predicted molar refractivity (Wildman–Crippen MR) is 43.7 cm³/mol. The quantitative estimate of drug-likeness (QED) is 0.712. The minimum atomic E-state index is -1.22. The molecule has 1 N–H and O–H groups in total. The summed E-state index contributed by atoms with van der Waals surface area (Å²) in [7, 11) is 0. The topological polar surface area (TPSA) is 37.3 Å². The average molecular weight is 174 g/mol. The summed E-state index contributed by atoms with van der Waals surface area (Å²) in [6, 6.07) is 0. The minimum Gasteiger partial charge on any atom is -0.481 e. The maximum atomic E-state index is 12.9. The zero-order chi connectivity index (χ0) is 9.14. The predicted octanol–water partition coefficient (Wildman–Crippen LogP) is 2.24. The Morgan fingerprint density at radius 3 is 2.33 bits per heavy atom. The number of carboxylic acid groups (broad SMARTS) is 1. The third-order valence-corrected chi connectivity index (χ3v) is 2.69. The van der Waals surface area contributed by atoms with Crippen molar-refractivity contribution in [1.29, 1.82) is 0 Å². The Labute approximate surface area is 71.8 Å². The van der Waals surface area contributed by atoms with E-state index in [0.717, 1.165) is 25.7 Å². The van der Waals surface area contributed by atoms with Crippen molar-refractivity contribution >= 4 is 5.97 Å². The van der Waals surface area contributed by atoms with E-state index >= 15 is 0 Å². The first-order chi connectivity index (χ1) is 5.63. The Morgan fingerprint density at radius 2 is 2.00 bits per heavy atom. The van der Waals surface area contributed by atoms with Gasteiger partial charge in [-0.2, -0.15) is 0 Å². The third-order valence-electron chi connectivity index (χ3n) is 2.69. The van der Waals surface area contributed by atoms with Crippen LogP contribution in [0.3, 0.4) is 0 Å². The Kier molecular flexibility index (Phi) is 3.06. The van der Waals surface area contributed by atoms with Crippen molar-refractivity contribution in [2.75, 3.05) is 0 Å². The van der Waals surface area contributed by atoms with Gasteiger partial charge in [-0.1, -0.05) is 12.8 Å². The van der Waals surface area contributed by atoms with Crippen LogP contribution in [-0.2, 0) is 4.79 Å². The molecule has 1 saturated carbocycles. The molecule has 0 aliphatic heterocycles. The van der Waals surface area contributed by atoms with E-state index in [1.165, 1.54) is 6.92 Å². The van der Waals surface area contributed by atoms with E-state index in [2.05, 4.69) is 0 Å². The van der Waals surface area contributed by atoms with E-state index in [1.54, 1.807) is 0 Å². The molecule has 0 bridgehead atoms. The van der Waals surface area contributed by atoms with Crippen LogP contribution in [0.4, 0.5) is 4.39 Å². The zero-order valence-corrected chi connectivity index (χ0v) is 7.29. The fraction of sp³-hybridized carbons (Fsp3) is 0.889. The summed E-state index contributed by atoms with van der Waals surface area (Å²) in [6.07, 6.45) is 2.66. The van der Waals surface area contributed by atoms with Gasteiger partial charge >= 0.3 is 5.97 Å². The maximum Gasteiger partial charge on any atom is 0.309 e. The van der Waals surface area contributed by atoms with Crippen LogP contribution in [0.5, 0.6) is 0 Å². The molecular formula is C9H15FO2. The van der Waals surface area contributed by atoms with Crippen molar-refractivity contribution in [3.05, 3.63) is 0 Å². The normalized spacial score (nSPS) is 23.8. The lowest BCUT2D eigenvalue weighted by atomic mass is 9.88. The van der Waals surface area contributed by atoms with E-state index in [9.17, 15) is 9.18 Å². The van der Waals surface area contributed by atoms with Crippen molar-refractivity contribution < 1.29 is 14.3 Å². The molecule has 1 aliphatic carbocycles. The van der Waals surface area contributed by atoms with Crippen LogP contribution < -0.4 is 0 Å². The molecule has 2 atom stereocenters. The van der Waals surface area contributed by atoms with E-state index in [1.807, 2.05) is 0 Å². The van der Waals surface area contributed by atoms with Gasteiger partial charge in [0.1, 0.15) is 6.17 Å². The van der Waals surface area contributed by atoms with E-state index in [4.69, 9.17) is 5.11 Å². The lowest BCUT2D eigenvalue weighted by Crippen LogP contribution is -2.29. The second kappa shape index (κ2) is 3.87. The highest BCUT2D eigenvalue weighted by Gasteiger charge is 2.34. The Balaban J connectivity index is 2.58. The van der Waals surface area contributed by atoms with Crippen LogP contribution >= 0.6 is 0 Å². The Hall–Kier alpha value is -0.600. The molecule has 0 heterocycles. The molecule has 0 amide bonds. The second-order valence-electron chi connectivity index (χ2n) is 3.59. The molecule has 1 fully saturated rings. The van der Waals surface area contributed by atoms with Gasteiger partial charge in [-0.3, -0.25) is 4.79 Å². The minimum absolute atomic E-state index is 0.0718. The van der Waals surface area contributed by atoms with Gasteiger partial charge in [-0.05, 0) is 25.7 Å². The van der Waals surface area contributed by atoms with Crippen LogP contribution in [0.1, 0.15) is 32.6 Å². The van der Waals surface area contributed by atoms with Crippen LogP contribution in [0.2, 0.25) is 0 Å². The highest BCUT2D eigenvalue weighted by Crippen LogP contribution is 2.34. The van der Waals surface area contributed by atoms with Gasteiger partial charge in [-0.15, -0.1) is 0 Å². The number of hydrogen-bond donors (Lipinski definition) is 1. The summed E-state index contributed by atoms with van der Waals surface area (Å²) in [6.45, 7) is 1.34. The van der Waals surface area contributed by atoms with E-state index in [0.29, 0.717) is 0 Å². The number of aliphatic carboxylic acids is 1. The van der Waals surface area contributed by atoms with Gasteiger partial charge in [0.25, 0.3) is 0 Å². The fourth-order valence-electron chi connectivity index (χ4n) is 2.09. The van der Waals surface area contributed by atoms with Gasteiger partial charge in [0.15, 0.2) is 0 Å². The first-order valence-electron chi connectivity index (χ1n) is 4.50. The smallest absolute Gasteiger partial charge is 0.309 e. The molecule has 12 heavy (non-hydrogen) atoms. The molecule has 0 aromatic heterocycles. The molecule has 0 aromatic rings. The van der Waals surface area contributed by atoms with Crippen molar-refractivity contribution in [3.8, 4) is 0 Å². The number of halogens is 1. The Morgan fingerprint density at radius 1 is 1.50 bits per heavy atom. The molecule has 3 heteroatoms. The number of carboxylic acids is 1. The summed E-state index contributed by atoms with van der Waals surface area (Å²) in [5.41, 5.74) is 0. The average Bonchev–Trinajstić information content (AvgIpc) is 2.37. The van der Waals surface area contributed by atoms with Crippen molar-refractivity contribution in [2.45, 2.75) is 38.8 Å². The van der Waals surface area contributed by atoms with Crippen molar-refractivity contribution in [3.63, 3.8) is 0 Å². The van der Waals surface area contributed by atoms with Gasteiger partial charge < -0.3 is 5.11 Å². The van der Waals surface area contributed by atoms with Gasteiger partial charge in [0.2, 0.25) is 0 Å². The van der Waals surface area contributed by atoms with E-state index in [-0.39, 0.29) is 5.92 Å². The molecule has 0 aromatic carbocycles. The summed E-state index contributed by atoms with van der Waals surface area (Å²) in [5.74, 6) is -1.67. The van der Waals surface area contributed by atoms with Gasteiger partial charge in [0.05, 0.1) is 5.92 Å².